The summed E-state index contributed by atoms with van der Waals surface area (Å²) in [6.07, 6.45) is 0. The average molecular weight is 233 g/mol. The zero-order valence-corrected chi connectivity index (χ0v) is 9.50. The highest BCUT2D eigenvalue weighted by Gasteiger charge is 2.01. The Morgan fingerprint density at radius 1 is 1.00 bits per heavy atom. The van der Waals surface area contributed by atoms with Gasteiger partial charge in [0.15, 0.2) is 0 Å². The Balaban J connectivity index is 2.07. The van der Waals surface area contributed by atoms with Crippen LogP contribution in [0.5, 0.6) is 0 Å². The van der Waals surface area contributed by atoms with Crippen LogP contribution in [0.4, 0.5) is 14.5 Å². The van der Waals surface area contributed by atoms with Crippen molar-refractivity contribution in [2.75, 3.05) is 5.32 Å². The van der Waals surface area contributed by atoms with E-state index in [1.807, 2.05) is 6.92 Å². The first-order valence-corrected chi connectivity index (χ1v) is 5.39. The summed E-state index contributed by atoms with van der Waals surface area (Å²) in [5.74, 6) is -0.548. The highest BCUT2D eigenvalue weighted by molar-refractivity contribution is 5.47. The molecule has 0 unspecified atom stereocenters. The quantitative estimate of drug-likeness (QED) is 0.848. The smallest absolute Gasteiger partial charge is 0.146 e. The molecule has 0 aromatic heterocycles. The van der Waals surface area contributed by atoms with E-state index in [0.29, 0.717) is 12.2 Å². The van der Waals surface area contributed by atoms with Crippen molar-refractivity contribution in [3.63, 3.8) is 0 Å². The van der Waals surface area contributed by atoms with Crippen molar-refractivity contribution in [3.05, 3.63) is 65.2 Å². The van der Waals surface area contributed by atoms with Gasteiger partial charge in [-0.1, -0.05) is 18.2 Å². The first kappa shape index (κ1) is 11.6. The molecule has 0 fully saturated rings. The van der Waals surface area contributed by atoms with Gasteiger partial charge in [0.25, 0.3) is 0 Å². The maximum atomic E-state index is 13.4. The Hall–Kier alpha value is -1.90. The lowest BCUT2D eigenvalue weighted by molar-refractivity contribution is 0.626. The van der Waals surface area contributed by atoms with E-state index < -0.39 is 0 Å². The van der Waals surface area contributed by atoms with Crippen LogP contribution in [0.1, 0.15) is 11.1 Å². The fraction of sp³-hybridized carbons (Fsp3) is 0.143. The van der Waals surface area contributed by atoms with Crippen molar-refractivity contribution < 1.29 is 8.78 Å². The van der Waals surface area contributed by atoms with Crippen molar-refractivity contribution in [3.8, 4) is 0 Å². The van der Waals surface area contributed by atoms with Crippen LogP contribution in [0.3, 0.4) is 0 Å². The van der Waals surface area contributed by atoms with Gasteiger partial charge in [-0.2, -0.15) is 0 Å². The predicted octanol–water partition coefficient (Wildman–Crippen LogP) is 3.89. The Labute approximate surface area is 99.1 Å². The molecule has 17 heavy (non-hydrogen) atoms. The molecule has 0 amide bonds. The van der Waals surface area contributed by atoms with E-state index in [9.17, 15) is 8.78 Å². The average Bonchev–Trinajstić information content (AvgIpc) is 2.32. The van der Waals surface area contributed by atoms with E-state index in [2.05, 4.69) is 5.32 Å². The van der Waals surface area contributed by atoms with Crippen molar-refractivity contribution in [1.29, 1.82) is 0 Å². The highest BCUT2D eigenvalue weighted by atomic mass is 19.1. The summed E-state index contributed by atoms with van der Waals surface area (Å²) in [5.41, 5.74) is 2.37. The molecule has 88 valence electrons. The van der Waals surface area contributed by atoms with E-state index in [4.69, 9.17) is 0 Å². The molecule has 3 heteroatoms. The summed E-state index contributed by atoms with van der Waals surface area (Å²) in [4.78, 5) is 0. The van der Waals surface area contributed by atoms with E-state index in [0.717, 1.165) is 11.1 Å². The van der Waals surface area contributed by atoms with Gasteiger partial charge in [0.2, 0.25) is 0 Å². The standard InChI is InChI=1S/C14H13F2N/c1-10-2-7-13(16)14(8-10)17-9-11-3-5-12(15)6-4-11/h2-8,17H,9H2,1H3. The van der Waals surface area contributed by atoms with Gasteiger partial charge in [-0.15, -0.1) is 0 Å². The lowest BCUT2D eigenvalue weighted by Crippen LogP contribution is -2.01. The van der Waals surface area contributed by atoms with Crippen molar-refractivity contribution in [2.24, 2.45) is 0 Å². The Morgan fingerprint density at radius 3 is 2.41 bits per heavy atom. The number of nitrogens with one attached hydrogen (secondary N) is 1. The van der Waals surface area contributed by atoms with Gasteiger partial charge < -0.3 is 5.32 Å². The van der Waals surface area contributed by atoms with E-state index in [-0.39, 0.29) is 11.6 Å². The van der Waals surface area contributed by atoms with Gasteiger partial charge in [0.1, 0.15) is 11.6 Å². The Kier molecular flexibility index (Phi) is 3.38. The predicted molar refractivity (Wildman–Crippen MR) is 64.9 cm³/mol. The number of hydrogen-bond acceptors (Lipinski definition) is 1. The van der Waals surface area contributed by atoms with Crippen molar-refractivity contribution in [1.82, 2.24) is 0 Å². The van der Waals surface area contributed by atoms with Crippen LogP contribution in [0.15, 0.2) is 42.5 Å². The molecule has 2 aromatic carbocycles. The van der Waals surface area contributed by atoms with Crippen LogP contribution in [0.2, 0.25) is 0 Å². The molecule has 0 bridgehead atoms. The fourth-order valence-corrected chi connectivity index (χ4v) is 1.57. The maximum absolute atomic E-state index is 13.4. The Bertz CT molecular complexity index is 506. The zero-order chi connectivity index (χ0) is 12.3. The summed E-state index contributed by atoms with van der Waals surface area (Å²) in [5, 5.41) is 2.99. The third kappa shape index (κ3) is 3.03. The van der Waals surface area contributed by atoms with Gasteiger partial charge in [-0.25, -0.2) is 8.78 Å². The summed E-state index contributed by atoms with van der Waals surface area (Å²) < 4.78 is 26.1. The summed E-state index contributed by atoms with van der Waals surface area (Å²) in [6, 6.07) is 11.0. The molecular weight excluding hydrogens is 220 g/mol. The first-order valence-electron chi connectivity index (χ1n) is 5.39. The van der Waals surface area contributed by atoms with E-state index >= 15 is 0 Å². The first-order chi connectivity index (χ1) is 8.15. The van der Waals surface area contributed by atoms with Crippen LogP contribution >= 0.6 is 0 Å². The van der Waals surface area contributed by atoms with E-state index in [1.54, 1.807) is 24.3 Å². The number of halogens is 2. The summed E-state index contributed by atoms with van der Waals surface area (Å²) in [7, 11) is 0. The van der Waals surface area contributed by atoms with Crippen LogP contribution in [0, 0.1) is 18.6 Å². The second-order valence-corrected chi connectivity index (χ2v) is 3.96. The summed E-state index contributed by atoms with van der Waals surface area (Å²) >= 11 is 0. The number of rotatable bonds is 3. The van der Waals surface area contributed by atoms with Gasteiger partial charge in [-0.3, -0.25) is 0 Å². The molecule has 0 heterocycles. The number of anilines is 1. The van der Waals surface area contributed by atoms with E-state index in [1.165, 1.54) is 18.2 Å². The highest BCUT2D eigenvalue weighted by Crippen LogP contribution is 2.16. The minimum Gasteiger partial charge on any atom is -0.379 e. The minimum absolute atomic E-state index is 0.268. The molecule has 1 N–H and O–H groups in total. The van der Waals surface area contributed by atoms with Gasteiger partial charge >= 0.3 is 0 Å². The lowest BCUT2D eigenvalue weighted by Gasteiger charge is -2.08. The molecule has 1 nitrogen and oxygen atoms in total. The lowest BCUT2D eigenvalue weighted by atomic mass is 10.2. The normalized spacial score (nSPS) is 10.3. The molecule has 0 saturated heterocycles. The molecule has 0 aliphatic heterocycles. The zero-order valence-electron chi connectivity index (χ0n) is 9.50. The molecule has 0 radical (unpaired) electrons. The third-order valence-corrected chi connectivity index (χ3v) is 2.52. The largest absolute Gasteiger partial charge is 0.379 e. The SMILES string of the molecule is Cc1ccc(F)c(NCc2ccc(F)cc2)c1. The molecule has 0 atom stereocenters. The van der Waals surface area contributed by atoms with Gasteiger partial charge in [0.05, 0.1) is 5.69 Å². The van der Waals surface area contributed by atoms with Crippen LogP contribution in [-0.2, 0) is 6.54 Å². The van der Waals surface area contributed by atoms with Crippen molar-refractivity contribution in [2.45, 2.75) is 13.5 Å². The second kappa shape index (κ2) is 4.95. The molecular formula is C14H13F2N. The topological polar surface area (TPSA) is 12.0 Å². The number of benzene rings is 2. The number of aryl methyl sites for hydroxylation is 1. The van der Waals surface area contributed by atoms with Crippen LogP contribution in [-0.4, -0.2) is 0 Å². The molecule has 0 aliphatic rings. The van der Waals surface area contributed by atoms with Crippen LogP contribution in [0.25, 0.3) is 0 Å². The van der Waals surface area contributed by atoms with Gasteiger partial charge in [-0.05, 0) is 42.3 Å². The molecule has 0 spiro atoms. The monoisotopic (exact) mass is 233 g/mol. The Morgan fingerprint density at radius 2 is 1.71 bits per heavy atom. The second-order valence-electron chi connectivity index (χ2n) is 3.96. The summed E-state index contributed by atoms with van der Waals surface area (Å²) in [6.45, 7) is 2.38. The maximum Gasteiger partial charge on any atom is 0.146 e. The fourth-order valence-electron chi connectivity index (χ4n) is 1.57. The molecule has 2 rings (SSSR count). The third-order valence-electron chi connectivity index (χ3n) is 2.52. The van der Waals surface area contributed by atoms with Crippen LogP contribution < -0.4 is 5.32 Å². The van der Waals surface area contributed by atoms with Gasteiger partial charge in [0, 0.05) is 6.54 Å². The molecule has 2 aromatic rings. The number of hydrogen-bond donors (Lipinski definition) is 1. The molecule has 0 saturated carbocycles. The molecule has 0 aliphatic carbocycles. The van der Waals surface area contributed by atoms with Crippen molar-refractivity contribution >= 4 is 5.69 Å². The minimum atomic E-state index is -0.280.